The number of ether oxygens (including phenoxy) is 1. The maximum atomic E-state index is 12.0. The number of methoxy groups -OCH3 is 1. The smallest absolute Gasteiger partial charge is 0.337 e. The van der Waals surface area contributed by atoms with Crippen LogP contribution in [-0.4, -0.2) is 46.7 Å². The Labute approximate surface area is 143 Å². The monoisotopic (exact) mass is 356 g/mol. The molecule has 0 spiro atoms. The second-order valence-corrected chi connectivity index (χ2v) is 7.75. The lowest BCUT2D eigenvalue weighted by atomic mass is 10.1. The molecule has 1 N–H and O–H groups in total. The molecular formula is C16H24N2O5S. The third-order valence-electron chi connectivity index (χ3n) is 3.31. The van der Waals surface area contributed by atoms with E-state index in [1.54, 1.807) is 0 Å². The van der Waals surface area contributed by atoms with Crippen molar-refractivity contribution >= 4 is 27.6 Å². The Morgan fingerprint density at radius 1 is 1.21 bits per heavy atom. The van der Waals surface area contributed by atoms with Gasteiger partial charge in [-0.05, 0) is 36.6 Å². The zero-order valence-corrected chi connectivity index (χ0v) is 15.2. The molecule has 0 saturated carbocycles. The number of carbonyl (C=O) groups is 2. The molecule has 0 atom stereocenters. The van der Waals surface area contributed by atoms with E-state index >= 15 is 0 Å². The molecule has 134 valence electrons. The van der Waals surface area contributed by atoms with Crippen molar-refractivity contribution in [1.82, 2.24) is 5.32 Å². The average Bonchev–Trinajstić information content (AvgIpc) is 2.50. The van der Waals surface area contributed by atoms with Crippen molar-refractivity contribution in [2.75, 3.05) is 30.8 Å². The first-order valence-electron chi connectivity index (χ1n) is 7.58. The van der Waals surface area contributed by atoms with Crippen molar-refractivity contribution < 1.29 is 22.7 Å². The molecule has 24 heavy (non-hydrogen) atoms. The third kappa shape index (κ3) is 6.19. The van der Waals surface area contributed by atoms with Gasteiger partial charge < -0.3 is 10.1 Å². The molecule has 0 aromatic heterocycles. The number of sulfonamides is 1. The fourth-order valence-electron chi connectivity index (χ4n) is 1.97. The maximum absolute atomic E-state index is 12.0. The zero-order valence-electron chi connectivity index (χ0n) is 14.4. The number of nitrogens with one attached hydrogen (secondary N) is 1. The average molecular weight is 356 g/mol. The van der Waals surface area contributed by atoms with Gasteiger partial charge in [-0.25, -0.2) is 13.2 Å². The Bertz CT molecular complexity index is 668. The van der Waals surface area contributed by atoms with E-state index in [4.69, 9.17) is 0 Å². The van der Waals surface area contributed by atoms with E-state index in [0.29, 0.717) is 23.7 Å². The first-order chi connectivity index (χ1) is 11.1. The number of hydrogen-bond acceptors (Lipinski definition) is 5. The minimum atomic E-state index is -3.64. The van der Waals surface area contributed by atoms with Crippen molar-refractivity contribution in [3.8, 4) is 0 Å². The second-order valence-electron chi connectivity index (χ2n) is 5.84. The molecule has 1 amide bonds. The summed E-state index contributed by atoms with van der Waals surface area (Å²) in [5.74, 6) is -0.445. The summed E-state index contributed by atoms with van der Waals surface area (Å²) in [6.07, 6.45) is 1.85. The fourth-order valence-corrected chi connectivity index (χ4v) is 2.82. The molecule has 0 aliphatic rings. The van der Waals surface area contributed by atoms with Gasteiger partial charge in [0.1, 0.15) is 6.54 Å². The lowest BCUT2D eigenvalue weighted by Gasteiger charge is -2.22. The lowest BCUT2D eigenvalue weighted by Crippen LogP contribution is -2.40. The summed E-state index contributed by atoms with van der Waals surface area (Å²) in [5.41, 5.74) is 0.611. The van der Waals surface area contributed by atoms with E-state index in [0.717, 1.165) is 17.0 Å². The maximum Gasteiger partial charge on any atom is 0.337 e. The Hall–Kier alpha value is -2.09. The van der Waals surface area contributed by atoms with Crippen LogP contribution in [0.5, 0.6) is 0 Å². The van der Waals surface area contributed by atoms with Crippen LogP contribution in [0.1, 0.15) is 30.6 Å². The Morgan fingerprint density at radius 3 is 2.25 bits per heavy atom. The molecule has 0 unspecified atom stereocenters. The van der Waals surface area contributed by atoms with Gasteiger partial charge in [-0.3, -0.25) is 9.10 Å². The normalized spacial score (nSPS) is 11.2. The van der Waals surface area contributed by atoms with Gasteiger partial charge in [0.15, 0.2) is 0 Å². The summed E-state index contributed by atoms with van der Waals surface area (Å²) in [7, 11) is -2.37. The fraction of sp³-hybridized carbons (Fsp3) is 0.500. The van der Waals surface area contributed by atoms with Crippen LogP contribution in [0.4, 0.5) is 5.69 Å². The summed E-state index contributed by atoms with van der Waals surface area (Å²) < 4.78 is 29.6. The summed E-state index contributed by atoms with van der Waals surface area (Å²) in [4.78, 5) is 23.4. The number of amides is 1. The predicted octanol–water partition coefficient (Wildman–Crippen LogP) is 1.40. The standard InChI is InChI=1S/C16H24N2O5S/c1-12(2)9-10-17-15(19)11-18(24(4,21)22)14-7-5-13(6-8-14)16(20)23-3/h5-8,12H,9-11H2,1-4H3,(H,17,19). The van der Waals surface area contributed by atoms with Crippen LogP contribution in [0.2, 0.25) is 0 Å². The van der Waals surface area contributed by atoms with E-state index in [9.17, 15) is 18.0 Å². The summed E-state index contributed by atoms with van der Waals surface area (Å²) in [5, 5.41) is 2.71. The number of anilines is 1. The zero-order chi connectivity index (χ0) is 18.3. The molecule has 0 aliphatic carbocycles. The minimum Gasteiger partial charge on any atom is -0.465 e. The van der Waals surface area contributed by atoms with Gasteiger partial charge in [0.2, 0.25) is 15.9 Å². The molecule has 1 aromatic carbocycles. The molecule has 0 bridgehead atoms. The second kappa shape index (κ2) is 8.68. The highest BCUT2D eigenvalue weighted by atomic mass is 32.2. The van der Waals surface area contributed by atoms with E-state index in [-0.39, 0.29) is 12.5 Å². The molecule has 0 saturated heterocycles. The number of esters is 1. The van der Waals surface area contributed by atoms with Crippen molar-refractivity contribution in [3.63, 3.8) is 0 Å². The number of carbonyl (C=O) groups excluding carboxylic acids is 2. The van der Waals surface area contributed by atoms with Gasteiger partial charge in [0.25, 0.3) is 0 Å². The van der Waals surface area contributed by atoms with Gasteiger partial charge >= 0.3 is 5.97 Å². The van der Waals surface area contributed by atoms with Crippen LogP contribution in [0.25, 0.3) is 0 Å². The van der Waals surface area contributed by atoms with Crippen LogP contribution >= 0.6 is 0 Å². The molecule has 1 aromatic rings. The number of rotatable bonds is 8. The molecule has 0 radical (unpaired) electrons. The molecule has 8 heteroatoms. The topological polar surface area (TPSA) is 92.8 Å². The van der Waals surface area contributed by atoms with E-state index in [2.05, 4.69) is 10.1 Å². The first-order valence-corrected chi connectivity index (χ1v) is 9.42. The highest BCUT2D eigenvalue weighted by molar-refractivity contribution is 7.92. The molecule has 0 heterocycles. The Kier molecular flexibility index (Phi) is 7.21. The number of nitrogens with zero attached hydrogens (tertiary/aromatic N) is 1. The quantitative estimate of drug-likeness (QED) is 0.711. The van der Waals surface area contributed by atoms with E-state index in [1.165, 1.54) is 31.4 Å². The summed E-state index contributed by atoms with van der Waals surface area (Å²) >= 11 is 0. The molecule has 0 aliphatic heterocycles. The van der Waals surface area contributed by atoms with Crippen molar-refractivity contribution in [2.45, 2.75) is 20.3 Å². The van der Waals surface area contributed by atoms with Crippen LogP contribution in [0.3, 0.4) is 0 Å². The Balaban J connectivity index is 2.87. The van der Waals surface area contributed by atoms with E-state index < -0.39 is 16.0 Å². The highest BCUT2D eigenvalue weighted by Crippen LogP contribution is 2.18. The van der Waals surface area contributed by atoms with Gasteiger partial charge in [-0.1, -0.05) is 13.8 Å². The van der Waals surface area contributed by atoms with Crippen LogP contribution < -0.4 is 9.62 Å². The van der Waals surface area contributed by atoms with Crippen molar-refractivity contribution in [3.05, 3.63) is 29.8 Å². The Morgan fingerprint density at radius 2 is 1.79 bits per heavy atom. The van der Waals surface area contributed by atoms with E-state index in [1.807, 2.05) is 13.8 Å². The molecule has 0 fully saturated rings. The first kappa shape index (κ1) is 20.0. The van der Waals surface area contributed by atoms with Gasteiger partial charge in [0.05, 0.1) is 24.6 Å². The summed E-state index contributed by atoms with van der Waals surface area (Å²) in [6.45, 7) is 4.26. The third-order valence-corrected chi connectivity index (χ3v) is 4.45. The van der Waals surface area contributed by atoms with Gasteiger partial charge in [-0.15, -0.1) is 0 Å². The lowest BCUT2D eigenvalue weighted by molar-refractivity contribution is -0.119. The van der Waals surface area contributed by atoms with Crippen LogP contribution in [0, 0.1) is 5.92 Å². The summed E-state index contributed by atoms with van der Waals surface area (Å²) in [6, 6.07) is 5.84. The van der Waals surface area contributed by atoms with Gasteiger partial charge in [0, 0.05) is 6.54 Å². The predicted molar refractivity (Wildman–Crippen MR) is 92.4 cm³/mol. The highest BCUT2D eigenvalue weighted by Gasteiger charge is 2.21. The van der Waals surface area contributed by atoms with Crippen molar-refractivity contribution in [1.29, 1.82) is 0 Å². The van der Waals surface area contributed by atoms with Crippen LogP contribution in [0.15, 0.2) is 24.3 Å². The minimum absolute atomic E-state index is 0.302. The number of hydrogen-bond donors (Lipinski definition) is 1. The SMILES string of the molecule is COC(=O)c1ccc(N(CC(=O)NCCC(C)C)S(C)(=O)=O)cc1. The van der Waals surface area contributed by atoms with Gasteiger partial charge in [-0.2, -0.15) is 0 Å². The van der Waals surface area contributed by atoms with Crippen LogP contribution in [-0.2, 0) is 19.6 Å². The molecule has 1 rings (SSSR count). The molecule has 7 nitrogen and oxygen atoms in total. The largest absolute Gasteiger partial charge is 0.465 e. The number of benzene rings is 1. The molecular weight excluding hydrogens is 332 g/mol. The van der Waals surface area contributed by atoms with Crippen molar-refractivity contribution in [2.24, 2.45) is 5.92 Å².